The summed E-state index contributed by atoms with van der Waals surface area (Å²) in [6, 6.07) is 1.62. The predicted octanol–water partition coefficient (Wildman–Crippen LogP) is 1.06. The molecule has 0 fully saturated rings. The first-order chi connectivity index (χ1) is 12.1. The first-order valence-corrected chi connectivity index (χ1v) is 6.94. The summed E-state index contributed by atoms with van der Waals surface area (Å²) >= 11 is 0. The van der Waals surface area contributed by atoms with Crippen LogP contribution < -0.4 is 0 Å². The zero-order valence-electron chi connectivity index (χ0n) is 13.5. The average Bonchev–Trinajstić information content (AvgIpc) is 2.56. The smallest absolute Gasteiger partial charge is 0.339 e. The maximum atomic E-state index is 12.0. The minimum atomic E-state index is -1.83. The minimum absolute atomic E-state index is 0.125. The Hall–Kier alpha value is -3.69. The van der Waals surface area contributed by atoms with Crippen molar-refractivity contribution in [1.82, 2.24) is 0 Å². The summed E-state index contributed by atoms with van der Waals surface area (Å²) in [6.07, 6.45) is 0. The highest BCUT2D eigenvalue weighted by Crippen LogP contribution is 2.21. The van der Waals surface area contributed by atoms with E-state index in [9.17, 15) is 29.1 Å². The second kappa shape index (κ2) is 8.42. The topological polar surface area (TPSA) is 164 Å². The lowest BCUT2D eigenvalue weighted by Crippen LogP contribution is -2.21. The first kappa shape index (κ1) is 20.4. The summed E-state index contributed by atoms with van der Waals surface area (Å²) in [5.41, 5.74) is -3.37. The number of rotatable bonds is 8. The van der Waals surface area contributed by atoms with Crippen LogP contribution >= 0.6 is 0 Å². The number of hydrogen-bond acceptors (Lipinski definition) is 7. The van der Waals surface area contributed by atoms with E-state index >= 15 is 0 Å². The van der Waals surface area contributed by atoms with Crippen LogP contribution in [0.4, 0.5) is 0 Å². The van der Waals surface area contributed by atoms with Gasteiger partial charge in [0.2, 0.25) is 0 Å². The van der Waals surface area contributed by atoms with E-state index in [4.69, 9.17) is 14.9 Å². The monoisotopic (exact) mass is 366 g/mol. The van der Waals surface area contributed by atoms with Gasteiger partial charge in [0.1, 0.15) is 13.2 Å². The van der Waals surface area contributed by atoms with Crippen LogP contribution in [-0.4, -0.2) is 58.4 Å². The first-order valence-electron chi connectivity index (χ1n) is 6.94. The summed E-state index contributed by atoms with van der Waals surface area (Å²) in [7, 11) is 0. The van der Waals surface area contributed by atoms with Crippen LogP contribution in [0.5, 0.6) is 0 Å². The zero-order valence-corrected chi connectivity index (χ0v) is 13.5. The van der Waals surface area contributed by atoms with Crippen molar-refractivity contribution in [3.05, 3.63) is 46.5 Å². The molecule has 0 aromatic heterocycles. The molecule has 0 unspecified atom stereocenters. The summed E-state index contributed by atoms with van der Waals surface area (Å²) in [4.78, 5) is 56.9. The van der Waals surface area contributed by atoms with E-state index in [1.165, 1.54) is 6.92 Å². The summed E-state index contributed by atoms with van der Waals surface area (Å²) < 4.78 is 9.41. The van der Waals surface area contributed by atoms with Crippen molar-refractivity contribution in [3.63, 3.8) is 0 Å². The van der Waals surface area contributed by atoms with Gasteiger partial charge in [-0.25, -0.2) is 24.0 Å². The number of carbonyl (C=O) groups excluding carboxylic acids is 2. The molecule has 0 spiro atoms. The van der Waals surface area contributed by atoms with E-state index in [2.05, 4.69) is 11.3 Å². The highest BCUT2D eigenvalue weighted by molar-refractivity contribution is 6.14. The summed E-state index contributed by atoms with van der Waals surface area (Å²) in [5, 5.41) is 27.3. The Kier molecular flexibility index (Phi) is 6.59. The van der Waals surface area contributed by atoms with E-state index in [0.29, 0.717) is 0 Å². The molecule has 10 nitrogen and oxygen atoms in total. The fraction of sp³-hybridized carbons (Fsp3) is 0.188. The lowest BCUT2D eigenvalue weighted by Gasteiger charge is -2.11. The van der Waals surface area contributed by atoms with Crippen molar-refractivity contribution in [2.75, 3.05) is 13.2 Å². The molecule has 1 aromatic carbocycles. The molecular weight excluding hydrogens is 352 g/mol. The molecule has 3 N–H and O–H groups in total. The predicted molar refractivity (Wildman–Crippen MR) is 83.4 cm³/mol. The van der Waals surface area contributed by atoms with Gasteiger partial charge < -0.3 is 24.8 Å². The van der Waals surface area contributed by atoms with E-state index in [1.807, 2.05) is 0 Å². The quantitative estimate of drug-likeness (QED) is 0.344. The Morgan fingerprint density at radius 3 is 1.77 bits per heavy atom. The lowest BCUT2D eigenvalue weighted by molar-refractivity contribution is -0.140. The van der Waals surface area contributed by atoms with Crippen molar-refractivity contribution in [2.24, 2.45) is 0 Å². The molecule has 0 aliphatic heterocycles. The van der Waals surface area contributed by atoms with E-state index in [0.717, 1.165) is 12.1 Å². The second-order valence-corrected chi connectivity index (χ2v) is 4.88. The number of ether oxygens (including phenoxy) is 2. The van der Waals surface area contributed by atoms with Crippen molar-refractivity contribution in [1.29, 1.82) is 0 Å². The Balaban J connectivity index is 3.10. The van der Waals surface area contributed by atoms with E-state index in [-0.39, 0.29) is 12.2 Å². The summed E-state index contributed by atoms with van der Waals surface area (Å²) in [5.74, 6) is -7.24. The highest BCUT2D eigenvalue weighted by atomic mass is 16.6. The maximum Gasteiger partial charge on any atom is 0.339 e. The number of carboxylic acid groups (broad SMARTS) is 3. The molecule has 0 saturated carbocycles. The third kappa shape index (κ3) is 4.66. The molecule has 10 heteroatoms. The molecule has 1 aromatic rings. The molecule has 138 valence electrons. The lowest BCUT2D eigenvalue weighted by atomic mass is 9.95. The number of aromatic carboxylic acids is 3. The van der Waals surface area contributed by atoms with Crippen molar-refractivity contribution < 1.29 is 48.8 Å². The number of carboxylic acids is 3. The van der Waals surface area contributed by atoms with Gasteiger partial charge >= 0.3 is 29.8 Å². The van der Waals surface area contributed by atoms with Crippen molar-refractivity contribution >= 4 is 29.8 Å². The van der Waals surface area contributed by atoms with Gasteiger partial charge in [-0.15, -0.1) is 0 Å². The molecule has 26 heavy (non-hydrogen) atoms. The van der Waals surface area contributed by atoms with Crippen LogP contribution in [0.3, 0.4) is 0 Å². The van der Waals surface area contributed by atoms with Gasteiger partial charge in [0.05, 0.1) is 22.3 Å². The second-order valence-electron chi connectivity index (χ2n) is 4.88. The Labute approximate surface area is 146 Å². The largest absolute Gasteiger partial charge is 0.478 e. The van der Waals surface area contributed by atoms with Gasteiger partial charge in [-0.3, -0.25) is 0 Å². The number of esters is 2. The van der Waals surface area contributed by atoms with Crippen molar-refractivity contribution in [3.8, 4) is 0 Å². The van der Waals surface area contributed by atoms with Gasteiger partial charge in [-0.2, -0.15) is 0 Å². The standard InChI is InChI=1S/C16H14O10/c1-7(2)15(23)25-5-6-26-16(24)9-4-3-8(12(17)18)10(13(19)20)11(9)14(21)22/h3-4H,1,5-6H2,2H3,(H,17,18)(H,19,20)(H,21,22). The maximum absolute atomic E-state index is 12.0. The van der Waals surface area contributed by atoms with Gasteiger partial charge in [-0.05, 0) is 19.1 Å². The fourth-order valence-corrected chi connectivity index (χ4v) is 1.86. The van der Waals surface area contributed by atoms with Gasteiger partial charge in [0.25, 0.3) is 0 Å². The van der Waals surface area contributed by atoms with Crippen LogP contribution in [0.2, 0.25) is 0 Å². The third-order valence-electron chi connectivity index (χ3n) is 2.98. The van der Waals surface area contributed by atoms with Gasteiger partial charge in [0.15, 0.2) is 0 Å². The van der Waals surface area contributed by atoms with Crippen LogP contribution in [0.15, 0.2) is 24.3 Å². The Bertz CT molecular complexity index is 805. The van der Waals surface area contributed by atoms with Gasteiger partial charge in [0, 0.05) is 5.57 Å². The van der Waals surface area contributed by atoms with Crippen LogP contribution in [-0.2, 0) is 14.3 Å². The molecule has 0 bridgehead atoms. The third-order valence-corrected chi connectivity index (χ3v) is 2.98. The molecule has 0 atom stereocenters. The molecule has 0 aliphatic rings. The molecule has 0 saturated heterocycles. The van der Waals surface area contributed by atoms with Crippen LogP contribution in [0.25, 0.3) is 0 Å². The molecule has 0 heterocycles. The normalized spacial score (nSPS) is 9.88. The Morgan fingerprint density at radius 1 is 0.846 bits per heavy atom. The van der Waals surface area contributed by atoms with Crippen molar-refractivity contribution in [2.45, 2.75) is 6.92 Å². The molecule has 0 radical (unpaired) electrons. The molecule has 1 rings (SSSR count). The average molecular weight is 366 g/mol. The van der Waals surface area contributed by atoms with Crippen LogP contribution in [0, 0.1) is 0 Å². The summed E-state index contributed by atoms with van der Waals surface area (Å²) in [6.45, 7) is 3.99. The zero-order chi connectivity index (χ0) is 20.0. The number of hydrogen-bond donors (Lipinski definition) is 3. The number of carbonyl (C=O) groups is 5. The fourth-order valence-electron chi connectivity index (χ4n) is 1.86. The minimum Gasteiger partial charge on any atom is -0.478 e. The molecular formula is C16H14O10. The molecule has 0 amide bonds. The van der Waals surface area contributed by atoms with Gasteiger partial charge in [-0.1, -0.05) is 6.58 Å². The number of benzene rings is 1. The molecule has 0 aliphatic carbocycles. The van der Waals surface area contributed by atoms with Crippen LogP contribution in [0.1, 0.15) is 48.4 Å². The Morgan fingerprint density at radius 2 is 1.31 bits per heavy atom. The highest BCUT2D eigenvalue weighted by Gasteiger charge is 2.30. The van der Waals surface area contributed by atoms with E-state index < -0.39 is 58.7 Å². The SMILES string of the molecule is C=C(C)C(=O)OCCOC(=O)c1ccc(C(=O)O)c(C(=O)O)c1C(=O)O. The van der Waals surface area contributed by atoms with E-state index in [1.54, 1.807) is 0 Å².